The number of rotatable bonds is 3. The Kier molecular flexibility index (Phi) is 5.01. The normalized spacial score (nSPS) is 22.2. The van der Waals surface area contributed by atoms with Gasteiger partial charge < -0.3 is 4.90 Å². The molecule has 5 heteroatoms. The van der Waals surface area contributed by atoms with Crippen LogP contribution in [0, 0.1) is 0 Å². The molecule has 0 aromatic carbocycles. The van der Waals surface area contributed by atoms with Gasteiger partial charge in [0.2, 0.25) is 5.91 Å². The first kappa shape index (κ1) is 16.3. The summed E-state index contributed by atoms with van der Waals surface area (Å²) in [5.41, 5.74) is 1.41. The highest BCUT2D eigenvalue weighted by molar-refractivity contribution is 7.10. The standard InChI is InChI=1S/C19H24N2OS2/c22-18(20-9-3-1-2-4-10-20)14-21-11-7-16-15(8-13-24-16)19(21)17-6-5-12-23-17/h5-6,8,12-13,19H,1-4,7,9-11,14H2/t19-/m0/s1. The molecule has 0 bridgehead atoms. The zero-order valence-electron chi connectivity index (χ0n) is 13.9. The molecular weight excluding hydrogens is 336 g/mol. The van der Waals surface area contributed by atoms with Crippen LogP contribution in [-0.4, -0.2) is 41.9 Å². The van der Waals surface area contributed by atoms with Gasteiger partial charge in [-0.25, -0.2) is 0 Å². The zero-order chi connectivity index (χ0) is 16.4. The molecule has 0 radical (unpaired) electrons. The third-order valence-corrected chi connectivity index (χ3v) is 7.10. The maximum absolute atomic E-state index is 12.9. The van der Waals surface area contributed by atoms with Gasteiger partial charge in [0, 0.05) is 29.4 Å². The summed E-state index contributed by atoms with van der Waals surface area (Å²) in [7, 11) is 0. The van der Waals surface area contributed by atoms with Gasteiger partial charge in [-0.1, -0.05) is 18.9 Å². The van der Waals surface area contributed by atoms with E-state index < -0.39 is 0 Å². The van der Waals surface area contributed by atoms with Gasteiger partial charge in [-0.15, -0.1) is 22.7 Å². The van der Waals surface area contributed by atoms with Crippen LogP contribution < -0.4 is 0 Å². The number of hydrogen-bond donors (Lipinski definition) is 0. The molecule has 0 spiro atoms. The number of carbonyl (C=O) groups excluding carboxylic acids is 1. The molecule has 4 heterocycles. The highest BCUT2D eigenvalue weighted by Gasteiger charge is 2.32. The van der Waals surface area contributed by atoms with Crippen LogP contribution in [-0.2, 0) is 11.2 Å². The summed E-state index contributed by atoms with van der Waals surface area (Å²) >= 11 is 3.67. The molecule has 2 aromatic rings. The molecular formula is C19H24N2OS2. The van der Waals surface area contributed by atoms with Crippen LogP contribution in [0.2, 0.25) is 0 Å². The Balaban J connectivity index is 1.54. The van der Waals surface area contributed by atoms with E-state index in [0.29, 0.717) is 12.5 Å². The molecule has 0 N–H and O–H groups in total. The predicted octanol–water partition coefficient (Wildman–Crippen LogP) is 4.16. The number of likely N-dealkylation sites (tertiary alicyclic amines) is 1. The molecule has 2 aliphatic heterocycles. The van der Waals surface area contributed by atoms with Gasteiger partial charge in [-0.05, 0) is 47.7 Å². The second-order valence-electron chi connectivity index (χ2n) is 6.73. The predicted molar refractivity (Wildman–Crippen MR) is 101 cm³/mol. The molecule has 3 nitrogen and oxygen atoms in total. The fourth-order valence-electron chi connectivity index (χ4n) is 3.91. The van der Waals surface area contributed by atoms with Crippen molar-refractivity contribution in [3.05, 3.63) is 44.3 Å². The van der Waals surface area contributed by atoms with E-state index in [1.807, 2.05) is 11.3 Å². The average molecular weight is 361 g/mol. The molecule has 0 saturated carbocycles. The van der Waals surface area contributed by atoms with Crippen molar-refractivity contribution in [2.24, 2.45) is 0 Å². The molecule has 2 aliphatic rings. The number of thiophene rings is 2. The summed E-state index contributed by atoms with van der Waals surface area (Å²) in [5.74, 6) is 0.317. The zero-order valence-corrected chi connectivity index (χ0v) is 15.6. The Labute approximate surface area is 151 Å². The van der Waals surface area contributed by atoms with Crippen molar-refractivity contribution in [1.29, 1.82) is 0 Å². The minimum Gasteiger partial charge on any atom is -0.342 e. The summed E-state index contributed by atoms with van der Waals surface area (Å²) in [5, 5.41) is 4.34. The molecule has 4 rings (SSSR count). The van der Waals surface area contributed by atoms with Crippen molar-refractivity contribution in [3.63, 3.8) is 0 Å². The van der Waals surface area contributed by atoms with E-state index in [2.05, 4.69) is 38.8 Å². The Hall–Kier alpha value is -1.17. The van der Waals surface area contributed by atoms with Crippen molar-refractivity contribution in [3.8, 4) is 0 Å². The van der Waals surface area contributed by atoms with E-state index in [0.717, 1.165) is 38.9 Å². The van der Waals surface area contributed by atoms with Crippen molar-refractivity contribution < 1.29 is 4.79 Å². The summed E-state index contributed by atoms with van der Waals surface area (Å²) in [6.45, 7) is 3.42. The van der Waals surface area contributed by atoms with Gasteiger partial charge in [0.25, 0.3) is 0 Å². The van der Waals surface area contributed by atoms with E-state index in [4.69, 9.17) is 0 Å². The van der Waals surface area contributed by atoms with Crippen LogP contribution in [0.25, 0.3) is 0 Å². The van der Waals surface area contributed by atoms with Crippen LogP contribution in [0.15, 0.2) is 29.0 Å². The minimum absolute atomic E-state index is 0.260. The molecule has 2 aromatic heterocycles. The van der Waals surface area contributed by atoms with Crippen molar-refractivity contribution in [2.75, 3.05) is 26.2 Å². The third-order valence-electron chi connectivity index (χ3n) is 5.18. The molecule has 0 unspecified atom stereocenters. The van der Waals surface area contributed by atoms with Gasteiger partial charge in [0.05, 0.1) is 12.6 Å². The molecule has 24 heavy (non-hydrogen) atoms. The second kappa shape index (κ2) is 7.38. The Morgan fingerprint density at radius 1 is 1.04 bits per heavy atom. The molecule has 0 aliphatic carbocycles. The minimum atomic E-state index is 0.260. The van der Waals surface area contributed by atoms with Crippen LogP contribution >= 0.6 is 22.7 Å². The van der Waals surface area contributed by atoms with Crippen LogP contribution in [0.3, 0.4) is 0 Å². The maximum Gasteiger partial charge on any atom is 0.236 e. The fourth-order valence-corrected chi connectivity index (χ4v) is 5.69. The van der Waals surface area contributed by atoms with Crippen molar-refractivity contribution in [1.82, 2.24) is 9.80 Å². The van der Waals surface area contributed by atoms with Crippen LogP contribution in [0.4, 0.5) is 0 Å². The van der Waals surface area contributed by atoms with Gasteiger partial charge in [-0.2, -0.15) is 0 Å². The first-order valence-electron chi connectivity index (χ1n) is 8.94. The lowest BCUT2D eigenvalue weighted by Crippen LogP contribution is -2.44. The number of nitrogens with zero attached hydrogens (tertiary/aromatic N) is 2. The Morgan fingerprint density at radius 3 is 2.62 bits per heavy atom. The molecule has 1 fully saturated rings. The smallest absolute Gasteiger partial charge is 0.236 e. The Morgan fingerprint density at radius 2 is 1.88 bits per heavy atom. The second-order valence-corrected chi connectivity index (χ2v) is 8.71. The summed E-state index contributed by atoms with van der Waals surface area (Å²) in [6, 6.07) is 6.85. The Bertz CT molecular complexity index is 671. The summed E-state index contributed by atoms with van der Waals surface area (Å²) in [6.07, 6.45) is 5.93. The lowest BCUT2D eigenvalue weighted by Gasteiger charge is -2.36. The van der Waals surface area contributed by atoms with E-state index in [9.17, 15) is 4.79 Å². The first-order chi connectivity index (χ1) is 11.8. The van der Waals surface area contributed by atoms with Gasteiger partial charge in [-0.3, -0.25) is 9.69 Å². The van der Waals surface area contributed by atoms with Crippen LogP contribution in [0.1, 0.15) is 47.0 Å². The average Bonchev–Trinajstić information content (AvgIpc) is 3.21. The summed E-state index contributed by atoms with van der Waals surface area (Å²) < 4.78 is 0. The summed E-state index contributed by atoms with van der Waals surface area (Å²) in [4.78, 5) is 20.2. The van der Waals surface area contributed by atoms with E-state index in [1.54, 1.807) is 11.3 Å². The van der Waals surface area contributed by atoms with Gasteiger partial charge in [0.15, 0.2) is 0 Å². The number of hydrogen-bond acceptors (Lipinski definition) is 4. The SMILES string of the molecule is O=C(CN1CCc2sccc2[C@H]1c1cccs1)N1CCCCCC1. The highest BCUT2D eigenvalue weighted by Crippen LogP contribution is 2.39. The first-order valence-corrected chi connectivity index (χ1v) is 10.7. The monoisotopic (exact) mass is 360 g/mol. The lowest BCUT2D eigenvalue weighted by molar-refractivity contribution is -0.132. The molecule has 1 amide bonds. The quantitative estimate of drug-likeness (QED) is 0.820. The molecule has 128 valence electrons. The molecule has 1 saturated heterocycles. The maximum atomic E-state index is 12.9. The van der Waals surface area contributed by atoms with Gasteiger partial charge in [0.1, 0.15) is 0 Å². The number of amides is 1. The largest absolute Gasteiger partial charge is 0.342 e. The number of carbonyl (C=O) groups is 1. The fraction of sp³-hybridized carbons (Fsp3) is 0.526. The van der Waals surface area contributed by atoms with Crippen molar-refractivity contribution in [2.45, 2.75) is 38.1 Å². The van der Waals surface area contributed by atoms with Crippen molar-refractivity contribution >= 4 is 28.6 Å². The van der Waals surface area contributed by atoms with E-state index in [-0.39, 0.29) is 6.04 Å². The lowest BCUT2D eigenvalue weighted by atomic mass is 9.98. The highest BCUT2D eigenvalue weighted by atomic mass is 32.1. The third kappa shape index (κ3) is 3.30. The van der Waals surface area contributed by atoms with Crippen LogP contribution in [0.5, 0.6) is 0 Å². The van der Waals surface area contributed by atoms with E-state index in [1.165, 1.54) is 28.2 Å². The molecule has 1 atom stereocenters. The number of fused-ring (bicyclic) bond motifs is 1. The van der Waals surface area contributed by atoms with Gasteiger partial charge >= 0.3 is 0 Å². The topological polar surface area (TPSA) is 23.6 Å². The van der Waals surface area contributed by atoms with E-state index >= 15 is 0 Å².